The Morgan fingerprint density at radius 1 is 1.18 bits per heavy atom. The summed E-state index contributed by atoms with van der Waals surface area (Å²) in [6.07, 6.45) is -1.32. The number of aliphatic imine (C=N–C) groups is 1. The zero-order chi connectivity index (χ0) is 20.2. The Labute approximate surface area is 164 Å². The van der Waals surface area contributed by atoms with Crippen LogP contribution in [0.1, 0.15) is 37.3 Å². The molecule has 2 N–H and O–H groups in total. The van der Waals surface area contributed by atoms with Crippen LogP contribution in [0, 0.1) is 5.92 Å². The summed E-state index contributed by atoms with van der Waals surface area (Å²) in [7, 11) is 0. The van der Waals surface area contributed by atoms with Crippen LogP contribution in [-0.4, -0.2) is 45.5 Å². The predicted octanol–water partition coefficient (Wildman–Crippen LogP) is 3.59. The molecule has 1 saturated heterocycles. The van der Waals surface area contributed by atoms with Gasteiger partial charge in [0, 0.05) is 39.5 Å². The molecule has 0 amide bonds. The van der Waals surface area contributed by atoms with Gasteiger partial charge in [0.15, 0.2) is 5.96 Å². The Kier molecular flexibility index (Phi) is 9.57. The quantitative estimate of drug-likeness (QED) is 0.377. The molecule has 1 fully saturated rings. The fourth-order valence-corrected chi connectivity index (χ4v) is 2.86. The van der Waals surface area contributed by atoms with Crippen molar-refractivity contribution >= 4 is 5.96 Å². The van der Waals surface area contributed by atoms with E-state index in [9.17, 15) is 13.2 Å². The van der Waals surface area contributed by atoms with E-state index in [1.165, 1.54) is 12.1 Å². The first-order valence-corrected chi connectivity index (χ1v) is 9.83. The molecule has 0 saturated carbocycles. The van der Waals surface area contributed by atoms with E-state index in [1.54, 1.807) is 0 Å². The van der Waals surface area contributed by atoms with Crippen molar-refractivity contribution in [1.82, 2.24) is 10.6 Å². The molecular weight excluding hydrogens is 371 g/mol. The third-order valence-corrected chi connectivity index (χ3v) is 4.50. The smallest absolute Gasteiger partial charge is 0.381 e. The van der Waals surface area contributed by atoms with Gasteiger partial charge in [0.05, 0.1) is 12.1 Å². The average Bonchev–Trinajstić information content (AvgIpc) is 2.69. The van der Waals surface area contributed by atoms with Crippen LogP contribution >= 0.6 is 0 Å². The second-order valence-corrected chi connectivity index (χ2v) is 6.80. The Morgan fingerprint density at radius 3 is 2.54 bits per heavy atom. The molecule has 1 aliphatic heterocycles. The molecule has 28 heavy (non-hydrogen) atoms. The number of hydrogen-bond acceptors (Lipinski definition) is 3. The van der Waals surface area contributed by atoms with Crippen molar-refractivity contribution in [3.05, 3.63) is 35.4 Å². The number of alkyl halides is 3. The molecule has 0 aliphatic carbocycles. The van der Waals surface area contributed by atoms with Gasteiger partial charge in [-0.1, -0.05) is 12.1 Å². The van der Waals surface area contributed by atoms with Gasteiger partial charge in [-0.3, -0.25) is 0 Å². The summed E-state index contributed by atoms with van der Waals surface area (Å²) >= 11 is 0. The Balaban J connectivity index is 1.68. The lowest BCUT2D eigenvalue weighted by Gasteiger charge is -2.21. The maximum absolute atomic E-state index is 12.6. The van der Waals surface area contributed by atoms with Crippen molar-refractivity contribution in [1.29, 1.82) is 0 Å². The SMILES string of the molecule is CCNC(=NCc1ccc(C(F)(F)F)cc1)NCCCOCC1CCOCC1. The number of nitrogens with one attached hydrogen (secondary N) is 2. The van der Waals surface area contributed by atoms with Gasteiger partial charge in [0.25, 0.3) is 0 Å². The number of halogens is 3. The molecule has 8 heteroatoms. The largest absolute Gasteiger partial charge is 0.416 e. The van der Waals surface area contributed by atoms with E-state index >= 15 is 0 Å². The number of hydrogen-bond donors (Lipinski definition) is 2. The fourth-order valence-electron chi connectivity index (χ4n) is 2.86. The molecule has 1 aliphatic rings. The van der Waals surface area contributed by atoms with Crippen molar-refractivity contribution in [2.45, 2.75) is 38.9 Å². The maximum Gasteiger partial charge on any atom is 0.416 e. The van der Waals surface area contributed by atoms with Crippen LogP contribution in [0.3, 0.4) is 0 Å². The average molecular weight is 401 g/mol. The van der Waals surface area contributed by atoms with Crippen LogP contribution < -0.4 is 10.6 Å². The molecule has 0 spiro atoms. The third-order valence-electron chi connectivity index (χ3n) is 4.50. The van der Waals surface area contributed by atoms with E-state index in [0.717, 1.165) is 56.8 Å². The molecule has 0 radical (unpaired) electrons. The van der Waals surface area contributed by atoms with Gasteiger partial charge in [0.1, 0.15) is 0 Å². The number of ether oxygens (including phenoxy) is 2. The Bertz CT molecular complexity index is 585. The lowest BCUT2D eigenvalue weighted by Crippen LogP contribution is -2.38. The molecule has 0 aromatic heterocycles. The predicted molar refractivity (Wildman–Crippen MR) is 103 cm³/mol. The molecule has 158 valence electrons. The van der Waals surface area contributed by atoms with E-state index in [4.69, 9.17) is 9.47 Å². The number of benzene rings is 1. The van der Waals surface area contributed by atoms with Crippen molar-refractivity contribution in [3.8, 4) is 0 Å². The zero-order valence-corrected chi connectivity index (χ0v) is 16.4. The minimum atomic E-state index is -4.31. The van der Waals surface area contributed by atoms with Crippen LogP contribution in [0.4, 0.5) is 13.2 Å². The van der Waals surface area contributed by atoms with E-state index in [2.05, 4.69) is 15.6 Å². The second kappa shape index (κ2) is 11.9. The molecule has 0 unspecified atom stereocenters. The minimum Gasteiger partial charge on any atom is -0.381 e. The first kappa shape index (κ1) is 22.5. The monoisotopic (exact) mass is 401 g/mol. The Hall–Kier alpha value is -1.80. The highest BCUT2D eigenvalue weighted by Gasteiger charge is 2.29. The van der Waals surface area contributed by atoms with Gasteiger partial charge in [0.2, 0.25) is 0 Å². The van der Waals surface area contributed by atoms with Gasteiger partial charge < -0.3 is 20.1 Å². The highest BCUT2D eigenvalue weighted by Crippen LogP contribution is 2.29. The summed E-state index contributed by atoms with van der Waals surface area (Å²) in [4.78, 5) is 4.43. The topological polar surface area (TPSA) is 54.9 Å². The van der Waals surface area contributed by atoms with Crippen LogP contribution in [0.5, 0.6) is 0 Å². The fraction of sp³-hybridized carbons (Fsp3) is 0.650. The highest BCUT2D eigenvalue weighted by molar-refractivity contribution is 5.79. The van der Waals surface area contributed by atoms with Crippen molar-refractivity contribution in [2.24, 2.45) is 10.9 Å². The number of guanidine groups is 1. The molecule has 1 aromatic carbocycles. The van der Waals surface area contributed by atoms with E-state index in [0.29, 0.717) is 38.1 Å². The molecule has 0 bridgehead atoms. The summed E-state index contributed by atoms with van der Waals surface area (Å²) < 4.78 is 48.9. The van der Waals surface area contributed by atoms with E-state index in [1.807, 2.05) is 6.92 Å². The first-order valence-electron chi connectivity index (χ1n) is 9.83. The van der Waals surface area contributed by atoms with Crippen molar-refractivity contribution in [2.75, 3.05) is 39.5 Å². The summed E-state index contributed by atoms with van der Waals surface area (Å²) in [6.45, 7) is 6.83. The van der Waals surface area contributed by atoms with Gasteiger partial charge in [-0.05, 0) is 49.8 Å². The molecule has 5 nitrogen and oxygen atoms in total. The highest BCUT2D eigenvalue weighted by atomic mass is 19.4. The normalized spacial score (nSPS) is 16.2. The number of rotatable bonds is 9. The lowest BCUT2D eigenvalue weighted by atomic mass is 10.0. The maximum atomic E-state index is 12.6. The van der Waals surface area contributed by atoms with Crippen molar-refractivity contribution < 1.29 is 22.6 Å². The van der Waals surface area contributed by atoms with Gasteiger partial charge in [-0.15, -0.1) is 0 Å². The summed E-state index contributed by atoms with van der Waals surface area (Å²) in [6, 6.07) is 5.09. The summed E-state index contributed by atoms with van der Waals surface area (Å²) in [5.74, 6) is 1.25. The van der Waals surface area contributed by atoms with Crippen LogP contribution in [0.2, 0.25) is 0 Å². The number of nitrogens with zero attached hydrogens (tertiary/aromatic N) is 1. The van der Waals surface area contributed by atoms with Gasteiger partial charge in [-0.25, -0.2) is 4.99 Å². The molecule has 1 heterocycles. The van der Waals surface area contributed by atoms with E-state index in [-0.39, 0.29) is 0 Å². The minimum absolute atomic E-state index is 0.313. The summed E-state index contributed by atoms with van der Waals surface area (Å²) in [5.41, 5.74) is 0.0796. The second-order valence-electron chi connectivity index (χ2n) is 6.80. The molecule has 1 aromatic rings. The molecular formula is C20H30F3N3O2. The first-order chi connectivity index (χ1) is 13.5. The van der Waals surface area contributed by atoms with Crippen LogP contribution in [-0.2, 0) is 22.2 Å². The Morgan fingerprint density at radius 2 is 1.89 bits per heavy atom. The van der Waals surface area contributed by atoms with E-state index < -0.39 is 11.7 Å². The van der Waals surface area contributed by atoms with Crippen molar-refractivity contribution in [3.63, 3.8) is 0 Å². The van der Waals surface area contributed by atoms with Crippen LogP contribution in [0.25, 0.3) is 0 Å². The van der Waals surface area contributed by atoms with Gasteiger partial charge in [-0.2, -0.15) is 13.2 Å². The lowest BCUT2D eigenvalue weighted by molar-refractivity contribution is -0.137. The molecule has 2 rings (SSSR count). The summed E-state index contributed by atoms with van der Waals surface area (Å²) in [5, 5.41) is 6.36. The van der Waals surface area contributed by atoms with Crippen LogP contribution in [0.15, 0.2) is 29.3 Å². The van der Waals surface area contributed by atoms with Gasteiger partial charge >= 0.3 is 6.18 Å². The third kappa shape index (κ3) is 8.48. The molecule has 0 atom stereocenters. The zero-order valence-electron chi connectivity index (χ0n) is 16.4. The standard InChI is InChI=1S/C20H30F3N3O2/c1-2-24-19(25-10-3-11-28-15-17-8-12-27-13-9-17)26-14-16-4-6-18(7-5-16)20(21,22)23/h4-7,17H,2-3,8-15H2,1H3,(H2,24,25,26).